The van der Waals surface area contributed by atoms with Gasteiger partial charge >= 0.3 is 0 Å². The molecule has 0 unspecified atom stereocenters. The van der Waals surface area contributed by atoms with Crippen LogP contribution in [0, 0.1) is 0 Å². The second-order valence-corrected chi connectivity index (χ2v) is 3.14. The van der Waals surface area contributed by atoms with Gasteiger partial charge in [-0.05, 0) is 25.0 Å². The molecule has 3 heteroatoms. The average Bonchev–Trinajstić information content (AvgIpc) is 2.74. The molecule has 0 spiro atoms. The van der Waals surface area contributed by atoms with E-state index >= 15 is 0 Å². The van der Waals surface area contributed by atoms with Gasteiger partial charge in [-0.25, -0.2) is 0 Å². The van der Waals surface area contributed by atoms with Crippen LogP contribution in [0.5, 0.6) is 0 Å². The smallest absolute Gasteiger partial charge is 0.244 e. The lowest BCUT2D eigenvalue weighted by molar-refractivity contribution is 0.0912. The predicted molar refractivity (Wildman–Crippen MR) is 46.1 cm³/mol. The first-order chi connectivity index (χ1) is 5.86. The minimum Gasteiger partial charge on any atom is -0.306 e. The molecule has 1 heterocycles. The molecule has 0 saturated heterocycles. The van der Waals surface area contributed by atoms with E-state index in [9.17, 15) is 4.79 Å². The molecule has 12 heavy (non-hydrogen) atoms. The lowest BCUT2D eigenvalue weighted by atomic mass is 10.5. The first kappa shape index (κ1) is 7.55. The summed E-state index contributed by atoms with van der Waals surface area (Å²) in [6, 6.07) is 4.31. The van der Waals surface area contributed by atoms with E-state index in [1.807, 2.05) is 12.1 Å². The number of aromatic nitrogens is 1. The topological polar surface area (TPSA) is 34.0 Å². The molecule has 64 valence electrons. The maximum Gasteiger partial charge on any atom is 0.244 e. The summed E-state index contributed by atoms with van der Waals surface area (Å²) in [4.78, 5) is 11.3. The zero-order chi connectivity index (χ0) is 8.39. The summed E-state index contributed by atoms with van der Waals surface area (Å²) >= 11 is 0. The van der Waals surface area contributed by atoms with Gasteiger partial charge in [0.05, 0.1) is 6.54 Å². The SMILES string of the molecule is O=C(CNC1CC1)n1cccc1. The minimum atomic E-state index is 0.118. The van der Waals surface area contributed by atoms with Crippen LogP contribution in [-0.4, -0.2) is 23.1 Å². The van der Waals surface area contributed by atoms with E-state index in [4.69, 9.17) is 0 Å². The molecule has 0 radical (unpaired) electrons. The van der Waals surface area contributed by atoms with Crippen molar-refractivity contribution in [3.8, 4) is 0 Å². The molecule has 0 aliphatic heterocycles. The molecule has 0 aromatic carbocycles. The van der Waals surface area contributed by atoms with Crippen molar-refractivity contribution in [3.05, 3.63) is 24.5 Å². The summed E-state index contributed by atoms with van der Waals surface area (Å²) in [5.41, 5.74) is 0. The Morgan fingerprint density at radius 2 is 2.08 bits per heavy atom. The summed E-state index contributed by atoms with van der Waals surface area (Å²) in [5.74, 6) is 0.118. The van der Waals surface area contributed by atoms with Crippen LogP contribution in [0.2, 0.25) is 0 Å². The maximum absolute atomic E-state index is 11.3. The lowest BCUT2D eigenvalue weighted by Crippen LogP contribution is -2.27. The van der Waals surface area contributed by atoms with Crippen LogP contribution < -0.4 is 5.32 Å². The maximum atomic E-state index is 11.3. The summed E-state index contributed by atoms with van der Waals surface area (Å²) in [6.07, 6.45) is 5.99. The van der Waals surface area contributed by atoms with Crippen molar-refractivity contribution in [1.82, 2.24) is 9.88 Å². The fraction of sp³-hybridized carbons (Fsp3) is 0.444. The van der Waals surface area contributed by atoms with Crippen molar-refractivity contribution in [3.63, 3.8) is 0 Å². The van der Waals surface area contributed by atoms with Gasteiger partial charge in [-0.2, -0.15) is 0 Å². The van der Waals surface area contributed by atoms with Crippen molar-refractivity contribution >= 4 is 5.91 Å². The predicted octanol–water partition coefficient (Wildman–Crippen LogP) is 0.880. The number of rotatable bonds is 3. The Morgan fingerprint density at radius 3 is 2.67 bits per heavy atom. The third-order valence-corrected chi connectivity index (χ3v) is 2.01. The molecule has 1 saturated carbocycles. The molecule has 1 aromatic heterocycles. The summed E-state index contributed by atoms with van der Waals surface area (Å²) < 4.78 is 1.61. The number of hydrogen-bond donors (Lipinski definition) is 1. The molecule has 1 fully saturated rings. The van der Waals surface area contributed by atoms with Gasteiger partial charge in [0, 0.05) is 18.4 Å². The zero-order valence-corrected chi connectivity index (χ0v) is 6.86. The van der Waals surface area contributed by atoms with Crippen molar-refractivity contribution in [2.24, 2.45) is 0 Å². The molecule has 1 aliphatic carbocycles. The number of hydrogen-bond acceptors (Lipinski definition) is 2. The summed E-state index contributed by atoms with van der Waals surface area (Å²) in [5, 5.41) is 3.17. The van der Waals surface area contributed by atoms with Crippen molar-refractivity contribution in [2.45, 2.75) is 18.9 Å². The van der Waals surface area contributed by atoms with E-state index in [1.165, 1.54) is 12.8 Å². The average molecular weight is 164 g/mol. The zero-order valence-electron chi connectivity index (χ0n) is 6.86. The minimum absolute atomic E-state index is 0.118. The van der Waals surface area contributed by atoms with Gasteiger partial charge in [0.1, 0.15) is 0 Å². The Kier molecular flexibility index (Phi) is 1.96. The molecule has 0 atom stereocenters. The molecule has 1 N–H and O–H groups in total. The van der Waals surface area contributed by atoms with E-state index < -0.39 is 0 Å². The quantitative estimate of drug-likeness (QED) is 0.719. The van der Waals surface area contributed by atoms with E-state index in [0.29, 0.717) is 12.6 Å². The van der Waals surface area contributed by atoms with Crippen molar-refractivity contribution in [1.29, 1.82) is 0 Å². The molecule has 3 nitrogen and oxygen atoms in total. The van der Waals surface area contributed by atoms with E-state index in [2.05, 4.69) is 5.32 Å². The molecule has 1 aliphatic rings. The Labute approximate surface area is 71.4 Å². The van der Waals surface area contributed by atoms with E-state index in [0.717, 1.165) is 0 Å². The van der Waals surface area contributed by atoms with E-state index in [1.54, 1.807) is 17.0 Å². The first-order valence-electron chi connectivity index (χ1n) is 4.26. The second kappa shape index (κ2) is 3.11. The van der Waals surface area contributed by atoms with Crippen molar-refractivity contribution < 1.29 is 4.79 Å². The van der Waals surface area contributed by atoms with Crippen LogP contribution in [0.1, 0.15) is 17.6 Å². The number of nitrogens with one attached hydrogen (secondary N) is 1. The fourth-order valence-corrected chi connectivity index (χ4v) is 1.11. The van der Waals surface area contributed by atoms with Crippen LogP contribution >= 0.6 is 0 Å². The van der Waals surface area contributed by atoms with Gasteiger partial charge in [-0.3, -0.25) is 9.36 Å². The van der Waals surface area contributed by atoms with Gasteiger partial charge in [-0.1, -0.05) is 0 Å². The Bertz CT molecular complexity index is 262. The number of carbonyl (C=O) groups is 1. The fourth-order valence-electron chi connectivity index (χ4n) is 1.11. The number of carbonyl (C=O) groups excluding carboxylic acids is 1. The molecule has 0 bridgehead atoms. The van der Waals surface area contributed by atoms with Crippen LogP contribution in [-0.2, 0) is 0 Å². The molecule has 0 amide bonds. The third-order valence-electron chi connectivity index (χ3n) is 2.01. The Hall–Kier alpha value is -1.09. The van der Waals surface area contributed by atoms with Crippen molar-refractivity contribution in [2.75, 3.05) is 6.54 Å². The van der Waals surface area contributed by atoms with Gasteiger partial charge in [-0.15, -0.1) is 0 Å². The molecular weight excluding hydrogens is 152 g/mol. The van der Waals surface area contributed by atoms with Gasteiger partial charge < -0.3 is 5.32 Å². The Balaban J connectivity index is 1.83. The highest BCUT2D eigenvalue weighted by Crippen LogP contribution is 2.17. The normalized spacial score (nSPS) is 16.3. The van der Waals surface area contributed by atoms with Gasteiger partial charge in [0.2, 0.25) is 5.91 Å². The largest absolute Gasteiger partial charge is 0.306 e. The van der Waals surface area contributed by atoms with Crippen LogP contribution in [0.15, 0.2) is 24.5 Å². The highest BCUT2D eigenvalue weighted by Gasteiger charge is 2.21. The summed E-state index contributed by atoms with van der Waals surface area (Å²) in [7, 11) is 0. The van der Waals surface area contributed by atoms with Crippen LogP contribution in [0.25, 0.3) is 0 Å². The molecule has 1 aromatic rings. The highest BCUT2D eigenvalue weighted by atomic mass is 16.2. The second-order valence-electron chi connectivity index (χ2n) is 3.14. The lowest BCUT2D eigenvalue weighted by Gasteiger charge is -2.01. The van der Waals surface area contributed by atoms with Gasteiger partial charge in [0.25, 0.3) is 0 Å². The number of nitrogens with zero attached hydrogens (tertiary/aromatic N) is 1. The standard InChI is InChI=1S/C9H12N2O/c12-9(7-10-8-3-4-8)11-5-1-2-6-11/h1-2,5-6,8,10H,3-4,7H2. The third kappa shape index (κ3) is 1.74. The van der Waals surface area contributed by atoms with Gasteiger partial charge in [0.15, 0.2) is 0 Å². The monoisotopic (exact) mass is 164 g/mol. The molecule has 2 rings (SSSR count). The molecular formula is C9H12N2O. The summed E-state index contributed by atoms with van der Waals surface area (Å²) in [6.45, 7) is 0.458. The van der Waals surface area contributed by atoms with Crippen LogP contribution in [0.3, 0.4) is 0 Å². The highest BCUT2D eigenvalue weighted by molar-refractivity contribution is 5.80. The van der Waals surface area contributed by atoms with Crippen LogP contribution in [0.4, 0.5) is 0 Å². The Morgan fingerprint density at radius 1 is 1.42 bits per heavy atom. The van der Waals surface area contributed by atoms with E-state index in [-0.39, 0.29) is 5.91 Å². The first-order valence-corrected chi connectivity index (χ1v) is 4.26.